The third-order valence-corrected chi connectivity index (χ3v) is 4.22. The average molecular weight is 360 g/mol. The Bertz CT molecular complexity index is 688. The van der Waals surface area contributed by atoms with E-state index >= 15 is 0 Å². The molecule has 0 heterocycles. The van der Waals surface area contributed by atoms with Gasteiger partial charge in [-0.05, 0) is 49.4 Å². The van der Waals surface area contributed by atoms with Crippen molar-refractivity contribution in [1.29, 1.82) is 0 Å². The molecule has 0 spiro atoms. The highest BCUT2D eigenvalue weighted by atomic mass is 35.5. The van der Waals surface area contributed by atoms with Gasteiger partial charge < -0.3 is 10.1 Å². The minimum atomic E-state index is 0.0678. The van der Waals surface area contributed by atoms with Crippen molar-refractivity contribution >= 4 is 11.6 Å². The van der Waals surface area contributed by atoms with E-state index in [1.807, 2.05) is 36.4 Å². The van der Waals surface area contributed by atoms with Crippen LogP contribution in [0.5, 0.6) is 5.75 Å². The Morgan fingerprint density at radius 2 is 1.68 bits per heavy atom. The summed E-state index contributed by atoms with van der Waals surface area (Å²) in [6.07, 6.45) is 1.10. The molecule has 0 aliphatic carbocycles. The molecular weight excluding hydrogens is 330 g/mol. The molecule has 1 N–H and O–H groups in total. The first kappa shape index (κ1) is 19.8. The van der Waals surface area contributed by atoms with Crippen LogP contribution in [0.1, 0.15) is 52.2 Å². The fourth-order valence-corrected chi connectivity index (χ4v) is 3.51. The van der Waals surface area contributed by atoms with Crippen LogP contribution in [0.3, 0.4) is 0 Å². The van der Waals surface area contributed by atoms with E-state index in [0.29, 0.717) is 12.0 Å². The first-order valence-electron chi connectivity index (χ1n) is 8.85. The number of nitrogens with one attached hydrogen (secondary N) is 1. The van der Waals surface area contributed by atoms with Gasteiger partial charge in [0.2, 0.25) is 0 Å². The van der Waals surface area contributed by atoms with Gasteiger partial charge in [0.1, 0.15) is 12.4 Å². The third kappa shape index (κ3) is 7.09. The minimum Gasteiger partial charge on any atom is -0.489 e. The molecule has 0 radical (unpaired) electrons. The van der Waals surface area contributed by atoms with Crippen LogP contribution in [-0.4, -0.2) is 5.54 Å². The number of benzene rings is 2. The molecule has 0 aromatic heterocycles. The number of hydrogen-bond donors (Lipinski definition) is 1. The van der Waals surface area contributed by atoms with Crippen LogP contribution in [0.25, 0.3) is 0 Å². The number of halogens is 1. The molecule has 2 aromatic rings. The molecule has 3 heteroatoms. The van der Waals surface area contributed by atoms with Crippen LogP contribution in [-0.2, 0) is 13.2 Å². The zero-order valence-electron chi connectivity index (χ0n) is 16.0. The van der Waals surface area contributed by atoms with Crippen LogP contribution in [0.4, 0.5) is 0 Å². The molecule has 0 atom stereocenters. The molecular formula is C22H30ClNO. The summed E-state index contributed by atoms with van der Waals surface area (Å²) in [5.41, 5.74) is 2.60. The molecule has 25 heavy (non-hydrogen) atoms. The van der Waals surface area contributed by atoms with Crippen LogP contribution in [0, 0.1) is 5.41 Å². The van der Waals surface area contributed by atoms with E-state index in [0.717, 1.165) is 29.3 Å². The molecule has 0 aliphatic heterocycles. The largest absolute Gasteiger partial charge is 0.489 e. The second kappa shape index (κ2) is 8.25. The summed E-state index contributed by atoms with van der Waals surface area (Å²) in [4.78, 5) is 0. The molecule has 0 saturated carbocycles. The molecule has 136 valence electrons. The third-order valence-electron chi connectivity index (χ3n) is 3.99. The standard InChI is InChI=1S/C22H30ClNO/c1-21(2,3)16-22(4,5)24-14-18-10-6-7-12-20(18)25-15-17-9-8-11-19(23)13-17/h6-13,24H,14-16H2,1-5H3. The fourth-order valence-electron chi connectivity index (χ4n) is 3.30. The van der Waals surface area contributed by atoms with E-state index in [4.69, 9.17) is 16.3 Å². The van der Waals surface area contributed by atoms with Gasteiger partial charge >= 0.3 is 0 Å². The SMILES string of the molecule is CC(C)(C)CC(C)(C)NCc1ccccc1OCc1cccc(Cl)c1. The van der Waals surface area contributed by atoms with Crippen molar-refractivity contribution in [2.75, 3.05) is 0 Å². The Morgan fingerprint density at radius 1 is 0.960 bits per heavy atom. The lowest BCUT2D eigenvalue weighted by atomic mass is 9.82. The first-order chi connectivity index (χ1) is 11.6. The first-order valence-corrected chi connectivity index (χ1v) is 9.23. The lowest BCUT2D eigenvalue weighted by molar-refractivity contribution is 0.238. The van der Waals surface area contributed by atoms with Gasteiger partial charge in [-0.1, -0.05) is 62.7 Å². The number of rotatable bonds is 7. The zero-order chi connectivity index (χ0) is 18.5. The van der Waals surface area contributed by atoms with Crippen LogP contribution >= 0.6 is 11.6 Å². The van der Waals surface area contributed by atoms with Gasteiger partial charge in [0.25, 0.3) is 0 Å². The maximum Gasteiger partial charge on any atom is 0.124 e. The molecule has 2 aromatic carbocycles. The Labute approximate surface area is 157 Å². The topological polar surface area (TPSA) is 21.3 Å². The summed E-state index contributed by atoms with van der Waals surface area (Å²) in [7, 11) is 0. The smallest absolute Gasteiger partial charge is 0.124 e. The van der Waals surface area contributed by atoms with Crippen molar-refractivity contribution in [2.24, 2.45) is 5.41 Å². The molecule has 0 fully saturated rings. The van der Waals surface area contributed by atoms with E-state index < -0.39 is 0 Å². The predicted molar refractivity (Wildman–Crippen MR) is 107 cm³/mol. The van der Waals surface area contributed by atoms with Crippen LogP contribution < -0.4 is 10.1 Å². The van der Waals surface area contributed by atoms with Gasteiger partial charge in [-0.25, -0.2) is 0 Å². The highest BCUT2D eigenvalue weighted by molar-refractivity contribution is 6.30. The van der Waals surface area contributed by atoms with E-state index in [1.165, 1.54) is 5.56 Å². The molecule has 2 nitrogen and oxygen atoms in total. The Kier molecular flexibility index (Phi) is 6.53. The van der Waals surface area contributed by atoms with Crippen molar-refractivity contribution in [3.8, 4) is 5.75 Å². The molecule has 0 unspecified atom stereocenters. The number of para-hydroxylation sites is 1. The average Bonchev–Trinajstić information content (AvgIpc) is 2.49. The van der Waals surface area contributed by atoms with Crippen molar-refractivity contribution < 1.29 is 4.74 Å². The van der Waals surface area contributed by atoms with Crippen LogP contribution in [0.15, 0.2) is 48.5 Å². The van der Waals surface area contributed by atoms with Crippen LogP contribution in [0.2, 0.25) is 5.02 Å². The zero-order valence-corrected chi connectivity index (χ0v) is 16.8. The second-order valence-electron chi connectivity index (χ2n) is 8.50. The summed E-state index contributed by atoms with van der Waals surface area (Å²) in [6, 6.07) is 16.0. The van der Waals surface area contributed by atoms with Gasteiger partial charge in [0.05, 0.1) is 0 Å². The summed E-state index contributed by atoms with van der Waals surface area (Å²) in [5.74, 6) is 0.918. The quantitative estimate of drug-likeness (QED) is 0.633. The Hall–Kier alpha value is -1.51. The van der Waals surface area contributed by atoms with Gasteiger partial charge in [-0.3, -0.25) is 0 Å². The highest BCUT2D eigenvalue weighted by Gasteiger charge is 2.25. The summed E-state index contributed by atoms with van der Waals surface area (Å²) < 4.78 is 6.05. The molecule has 2 rings (SSSR count). The maximum atomic E-state index is 6.05. The second-order valence-corrected chi connectivity index (χ2v) is 8.94. The van der Waals surface area contributed by atoms with Crippen molar-refractivity contribution in [2.45, 2.75) is 59.7 Å². The highest BCUT2D eigenvalue weighted by Crippen LogP contribution is 2.28. The van der Waals surface area contributed by atoms with Crippen molar-refractivity contribution in [3.05, 3.63) is 64.7 Å². The lowest BCUT2D eigenvalue weighted by Gasteiger charge is -2.33. The van der Waals surface area contributed by atoms with E-state index in [9.17, 15) is 0 Å². The fraction of sp³-hybridized carbons (Fsp3) is 0.455. The Balaban J connectivity index is 2.00. The Morgan fingerprint density at radius 3 is 2.36 bits per heavy atom. The minimum absolute atomic E-state index is 0.0678. The molecule has 0 bridgehead atoms. The van der Waals surface area contributed by atoms with E-state index in [1.54, 1.807) is 0 Å². The monoisotopic (exact) mass is 359 g/mol. The van der Waals surface area contributed by atoms with Crippen molar-refractivity contribution in [3.63, 3.8) is 0 Å². The summed E-state index contributed by atoms with van der Waals surface area (Å²) >= 11 is 6.04. The van der Waals surface area contributed by atoms with Gasteiger partial charge in [0, 0.05) is 22.7 Å². The van der Waals surface area contributed by atoms with Gasteiger partial charge in [0.15, 0.2) is 0 Å². The molecule has 0 amide bonds. The summed E-state index contributed by atoms with van der Waals surface area (Å²) in [5, 5.41) is 4.41. The summed E-state index contributed by atoms with van der Waals surface area (Å²) in [6.45, 7) is 12.6. The van der Waals surface area contributed by atoms with Gasteiger partial charge in [-0.15, -0.1) is 0 Å². The van der Waals surface area contributed by atoms with Gasteiger partial charge in [-0.2, -0.15) is 0 Å². The molecule has 0 saturated heterocycles. The lowest BCUT2D eigenvalue weighted by Crippen LogP contribution is -2.41. The normalized spacial score (nSPS) is 12.2. The van der Waals surface area contributed by atoms with Crippen molar-refractivity contribution in [1.82, 2.24) is 5.32 Å². The number of ether oxygens (including phenoxy) is 1. The maximum absolute atomic E-state index is 6.05. The predicted octanol–water partition coefficient (Wildman–Crippen LogP) is 6.22. The number of hydrogen-bond acceptors (Lipinski definition) is 2. The van der Waals surface area contributed by atoms with E-state index in [-0.39, 0.29) is 5.54 Å². The molecule has 0 aliphatic rings. The van der Waals surface area contributed by atoms with E-state index in [2.05, 4.69) is 52.1 Å².